The molecule has 1 atom stereocenters. The molecule has 2 saturated heterocycles. The fraction of sp³-hybridized carbons (Fsp3) is 0.619. The summed E-state index contributed by atoms with van der Waals surface area (Å²) in [4.78, 5) is 32.2. The van der Waals surface area contributed by atoms with Crippen LogP contribution in [-0.2, 0) is 4.79 Å². The van der Waals surface area contributed by atoms with Crippen molar-refractivity contribution >= 4 is 23.4 Å². The standard InChI is InChI=1S/C21H28ClN3O2/c1-15-14-24(19-5-6-19)11-12-25(15)21(27)16-7-9-23(10-8-16)20(26)17-3-2-4-18(22)13-17/h2-4,13,15-16,19H,5-12,14H2,1H3. The molecular formula is C21H28ClN3O2. The first-order chi connectivity index (χ1) is 13.0. The summed E-state index contributed by atoms with van der Waals surface area (Å²) in [5.41, 5.74) is 0.622. The summed E-state index contributed by atoms with van der Waals surface area (Å²) in [5, 5.41) is 0.574. The number of carbonyl (C=O) groups is 2. The maximum atomic E-state index is 13.0. The summed E-state index contributed by atoms with van der Waals surface area (Å²) >= 11 is 6.00. The Labute approximate surface area is 166 Å². The molecule has 1 saturated carbocycles. The van der Waals surface area contributed by atoms with Crippen LogP contribution in [0.15, 0.2) is 24.3 Å². The van der Waals surface area contributed by atoms with Crippen LogP contribution in [0.3, 0.4) is 0 Å². The lowest BCUT2D eigenvalue weighted by Crippen LogP contribution is -2.56. The summed E-state index contributed by atoms with van der Waals surface area (Å²) in [6.07, 6.45) is 4.14. The Morgan fingerprint density at radius 1 is 1.04 bits per heavy atom. The SMILES string of the molecule is CC1CN(C2CC2)CCN1C(=O)C1CCN(C(=O)c2cccc(Cl)c2)CC1. The van der Waals surface area contributed by atoms with Gasteiger partial charge in [-0.15, -0.1) is 0 Å². The highest BCUT2D eigenvalue weighted by Gasteiger charge is 2.38. The Kier molecular flexibility index (Phi) is 5.42. The Morgan fingerprint density at radius 3 is 2.41 bits per heavy atom. The molecule has 1 aromatic rings. The van der Waals surface area contributed by atoms with Crippen molar-refractivity contribution in [2.45, 2.75) is 44.7 Å². The van der Waals surface area contributed by atoms with Gasteiger partial charge >= 0.3 is 0 Å². The summed E-state index contributed by atoms with van der Waals surface area (Å²) in [6.45, 7) is 6.30. The number of likely N-dealkylation sites (tertiary alicyclic amines) is 1. The second-order valence-corrected chi connectivity index (χ2v) is 8.62. The van der Waals surface area contributed by atoms with E-state index in [1.165, 1.54) is 12.8 Å². The highest BCUT2D eigenvalue weighted by atomic mass is 35.5. The van der Waals surface area contributed by atoms with Gasteiger partial charge in [-0.05, 0) is 50.8 Å². The van der Waals surface area contributed by atoms with Crippen molar-refractivity contribution in [3.8, 4) is 0 Å². The average Bonchev–Trinajstić information content (AvgIpc) is 3.52. The molecule has 2 amide bonds. The van der Waals surface area contributed by atoms with Gasteiger partial charge in [-0.1, -0.05) is 17.7 Å². The predicted molar refractivity (Wildman–Crippen MR) is 106 cm³/mol. The Morgan fingerprint density at radius 2 is 1.78 bits per heavy atom. The molecule has 1 unspecified atom stereocenters. The highest BCUT2D eigenvalue weighted by molar-refractivity contribution is 6.30. The molecule has 27 heavy (non-hydrogen) atoms. The number of benzene rings is 1. The molecule has 3 aliphatic rings. The molecule has 2 aliphatic heterocycles. The third-order valence-corrected chi connectivity index (χ3v) is 6.44. The zero-order chi connectivity index (χ0) is 19.0. The van der Waals surface area contributed by atoms with E-state index in [1.54, 1.807) is 24.3 Å². The van der Waals surface area contributed by atoms with E-state index in [0.29, 0.717) is 23.7 Å². The van der Waals surface area contributed by atoms with E-state index in [2.05, 4.69) is 16.7 Å². The lowest BCUT2D eigenvalue weighted by molar-refractivity contribution is -0.141. The molecule has 6 heteroatoms. The van der Waals surface area contributed by atoms with E-state index in [0.717, 1.165) is 38.5 Å². The smallest absolute Gasteiger partial charge is 0.253 e. The highest BCUT2D eigenvalue weighted by Crippen LogP contribution is 2.30. The van der Waals surface area contributed by atoms with Crippen LogP contribution in [0.4, 0.5) is 0 Å². The summed E-state index contributed by atoms with van der Waals surface area (Å²) in [7, 11) is 0. The molecule has 0 spiro atoms. The van der Waals surface area contributed by atoms with Crippen molar-refractivity contribution in [3.63, 3.8) is 0 Å². The minimum absolute atomic E-state index is 0.00909. The van der Waals surface area contributed by atoms with Crippen molar-refractivity contribution in [2.75, 3.05) is 32.7 Å². The molecule has 0 aromatic heterocycles. The van der Waals surface area contributed by atoms with Crippen LogP contribution in [0.5, 0.6) is 0 Å². The van der Waals surface area contributed by atoms with Crippen LogP contribution < -0.4 is 0 Å². The van der Waals surface area contributed by atoms with Gasteiger partial charge in [-0.25, -0.2) is 0 Å². The monoisotopic (exact) mass is 389 g/mol. The van der Waals surface area contributed by atoms with Gasteiger partial charge in [0.1, 0.15) is 0 Å². The largest absolute Gasteiger partial charge is 0.339 e. The number of nitrogens with zero attached hydrogens (tertiary/aromatic N) is 3. The van der Waals surface area contributed by atoms with Crippen molar-refractivity contribution in [1.29, 1.82) is 0 Å². The third kappa shape index (κ3) is 4.14. The molecule has 1 aliphatic carbocycles. The summed E-state index contributed by atoms with van der Waals surface area (Å²) in [6, 6.07) is 8.14. The topological polar surface area (TPSA) is 43.9 Å². The van der Waals surface area contributed by atoms with E-state index in [-0.39, 0.29) is 23.8 Å². The molecular weight excluding hydrogens is 362 g/mol. The van der Waals surface area contributed by atoms with Crippen molar-refractivity contribution in [1.82, 2.24) is 14.7 Å². The minimum Gasteiger partial charge on any atom is -0.339 e. The Bertz CT molecular complexity index is 713. The number of piperidine rings is 1. The van der Waals surface area contributed by atoms with Crippen molar-refractivity contribution < 1.29 is 9.59 Å². The number of halogens is 1. The van der Waals surface area contributed by atoms with Gasteiger partial charge in [-0.2, -0.15) is 0 Å². The summed E-state index contributed by atoms with van der Waals surface area (Å²) in [5.74, 6) is 0.339. The van der Waals surface area contributed by atoms with Gasteiger partial charge in [0.25, 0.3) is 5.91 Å². The van der Waals surface area contributed by atoms with Gasteiger partial charge < -0.3 is 9.80 Å². The molecule has 1 aromatic carbocycles. The zero-order valence-corrected chi connectivity index (χ0v) is 16.7. The first kappa shape index (κ1) is 18.8. The molecule has 0 bridgehead atoms. The summed E-state index contributed by atoms with van der Waals surface area (Å²) < 4.78 is 0. The van der Waals surface area contributed by atoms with Crippen LogP contribution >= 0.6 is 11.6 Å². The van der Waals surface area contributed by atoms with E-state index in [4.69, 9.17) is 11.6 Å². The number of piperazine rings is 1. The van der Waals surface area contributed by atoms with Crippen LogP contribution in [0, 0.1) is 5.92 Å². The number of hydrogen-bond acceptors (Lipinski definition) is 3. The molecule has 4 rings (SSSR count). The molecule has 2 heterocycles. The third-order valence-electron chi connectivity index (χ3n) is 6.21. The molecule has 5 nitrogen and oxygen atoms in total. The molecule has 0 N–H and O–H groups in total. The minimum atomic E-state index is 0.00909. The van der Waals surface area contributed by atoms with Crippen LogP contribution in [0.25, 0.3) is 0 Å². The Hall–Kier alpha value is -1.59. The Balaban J connectivity index is 1.31. The maximum Gasteiger partial charge on any atom is 0.253 e. The second kappa shape index (κ2) is 7.80. The lowest BCUT2D eigenvalue weighted by Gasteiger charge is -2.42. The quantitative estimate of drug-likeness (QED) is 0.798. The fourth-order valence-corrected chi connectivity index (χ4v) is 4.64. The molecule has 0 radical (unpaired) electrons. The van der Waals surface area contributed by atoms with Crippen molar-refractivity contribution in [2.24, 2.45) is 5.92 Å². The number of carbonyl (C=O) groups excluding carboxylic acids is 2. The average molecular weight is 390 g/mol. The normalized spacial score (nSPS) is 24.9. The van der Waals surface area contributed by atoms with Crippen LogP contribution in [-0.4, -0.2) is 71.3 Å². The zero-order valence-electron chi connectivity index (χ0n) is 15.9. The van der Waals surface area contributed by atoms with Gasteiger partial charge in [0.2, 0.25) is 5.91 Å². The molecule has 146 valence electrons. The number of amides is 2. The van der Waals surface area contributed by atoms with Gasteiger partial charge in [0.05, 0.1) is 0 Å². The van der Waals surface area contributed by atoms with E-state index in [1.807, 2.05) is 4.90 Å². The number of hydrogen-bond donors (Lipinski definition) is 0. The second-order valence-electron chi connectivity index (χ2n) is 8.18. The predicted octanol–water partition coefficient (Wildman–Crippen LogP) is 2.89. The van der Waals surface area contributed by atoms with E-state index in [9.17, 15) is 9.59 Å². The lowest BCUT2D eigenvalue weighted by atomic mass is 9.93. The van der Waals surface area contributed by atoms with Gasteiger partial charge in [-0.3, -0.25) is 14.5 Å². The van der Waals surface area contributed by atoms with Crippen molar-refractivity contribution in [3.05, 3.63) is 34.9 Å². The maximum absolute atomic E-state index is 13.0. The van der Waals surface area contributed by atoms with Gasteiger partial charge in [0.15, 0.2) is 0 Å². The fourth-order valence-electron chi connectivity index (χ4n) is 4.45. The van der Waals surface area contributed by atoms with Crippen LogP contribution in [0.2, 0.25) is 5.02 Å². The van der Waals surface area contributed by atoms with Gasteiger partial charge in [0, 0.05) is 61.3 Å². The first-order valence-corrected chi connectivity index (χ1v) is 10.5. The first-order valence-electron chi connectivity index (χ1n) is 10.1. The van der Waals surface area contributed by atoms with E-state index >= 15 is 0 Å². The van der Waals surface area contributed by atoms with Crippen LogP contribution in [0.1, 0.15) is 43.0 Å². The molecule has 3 fully saturated rings. The van der Waals surface area contributed by atoms with E-state index < -0.39 is 0 Å². The number of rotatable bonds is 3.